The zero-order valence-corrected chi connectivity index (χ0v) is 23.4. The number of nitrogens with zero attached hydrogens (tertiary/aromatic N) is 4. The molecule has 1 aromatic heterocycles. The van der Waals surface area contributed by atoms with Crippen LogP contribution < -0.4 is 15.0 Å². The largest absolute Gasteiger partial charge is 0.493 e. The van der Waals surface area contributed by atoms with Gasteiger partial charge in [0.1, 0.15) is 17.2 Å². The van der Waals surface area contributed by atoms with Crippen molar-refractivity contribution >= 4 is 23.5 Å². The summed E-state index contributed by atoms with van der Waals surface area (Å²) in [4.78, 5) is 25.0. The van der Waals surface area contributed by atoms with Crippen LogP contribution >= 0.6 is 11.6 Å². The van der Waals surface area contributed by atoms with Gasteiger partial charge in [-0.1, -0.05) is 17.7 Å². The number of piperidine rings is 1. The summed E-state index contributed by atoms with van der Waals surface area (Å²) in [6.45, 7) is 2.94. The molecule has 12 heteroatoms. The highest BCUT2D eigenvalue weighted by atomic mass is 35.5. The maximum Gasteiger partial charge on any atom is 0.227 e. The van der Waals surface area contributed by atoms with E-state index in [1.807, 2.05) is 0 Å². The molecular weight excluding hydrogens is 541 g/mol. The minimum absolute atomic E-state index is 0.0131. The van der Waals surface area contributed by atoms with Crippen molar-refractivity contribution in [2.75, 3.05) is 64.0 Å². The number of likely N-dealkylation sites (tertiary alicyclic amines) is 1. The summed E-state index contributed by atoms with van der Waals surface area (Å²) in [7, 11) is 0. The van der Waals surface area contributed by atoms with Gasteiger partial charge in [-0.25, -0.2) is 14.4 Å². The number of carbonyl (C=O) groups excluding carboxylic acids is 1. The molecule has 10 nitrogen and oxygen atoms in total. The van der Waals surface area contributed by atoms with Crippen molar-refractivity contribution in [2.24, 2.45) is 11.8 Å². The first kappa shape index (κ1) is 30.4. The number of amides is 1. The molecule has 0 atom stereocenters. The van der Waals surface area contributed by atoms with Gasteiger partial charge in [-0.05, 0) is 43.2 Å². The van der Waals surface area contributed by atoms with Gasteiger partial charge < -0.3 is 35.2 Å². The van der Waals surface area contributed by atoms with Crippen molar-refractivity contribution < 1.29 is 29.2 Å². The Balaban J connectivity index is 1.10. The number of ether oxygens (including phenoxy) is 1. The molecule has 0 spiro atoms. The molecule has 4 rings (SSSR count). The first-order valence-corrected chi connectivity index (χ1v) is 14.2. The van der Waals surface area contributed by atoms with Crippen molar-refractivity contribution in [1.82, 2.24) is 20.2 Å². The van der Waals surface area contributed by atoms with Crippen molar-refractivity contribution in [3.8, 4) is 5.75 Å². The van der Waals surface area contributed by atoms with E-state index in [1.165, 1.54) is 6.07 Å². The quantitative estimate of drug-likeness (QED) is 0.247. The lowest BCUT2D eigenvalue weighted by Gasteiger charge is -2.40. The van der Waals surface area contributed by atoms with Gasteiger partial charge in [0.2, 0.25) is 11.9 Å². The molecule has 0 unspecified atom stereocenters. The maximum absolute atomic E-state index is 14.7. The Bertz CT molecular complexity index is 1090. The predicted molar refractivity (Wildman–Crippen MR) is 149 cm³/mol. The first-order chi connectivity index (χ1) is 19.3. The normalized spacial score (nSPS) is 16.7. The van der Waals surface area contributed by atoms with Crippen LogP contribution in [0, 0.1) is 17.7 Å². The van der Waals surface area contributed by atoms with Crippen molar-refractivity contribution in [2.45, 2.75) is 37.7 Å². The zero-order valence-electron chi connectivity index (χ0n) is 22.6. The van der Waals surface area contributed by atoms with Gasteiger partial charge in [-0.2, -0.15) is 0 Å². The van der Waals surface area contributed by atoms with Crippen LogP contribution in [-0.4, -0.2) is 101 Å². The fraction of sp³-hybridized carbons (Fsp3) is 0.607. The third-order valence-corrected chi connectivity index (χ3v) is 7.88. The third kappa shape index (κ3) is 8.47. The van der Waals surface area contributed by atoms with Crippen molar-refractivity contribution in [3.63, 3.8) is 0 Å². The lowest BCUT2D eigenvalue weighted by molar-refractivity contribution is -0.136. The van der Waals surface area contributed by atoms with E-state index in [0.29, 0.717) is 54.4 Å². The molecule has 0 saturated carbocycles. The molecule has 2 aromatic rings. The highest BCUT2D eigenvalue weighted by molar-refractivity contribution is 6.30. The molecule has 2 saturated heterocycles. The molecule has 2 aliphatic rings. The number of aliphatic hydroxyl groups is 3. The number of benzene rings is 1. The van der Waals surface area contributed by atoms with E-state index >= 15 is 0 Å². The monoisotopic (exact) mass is 579 g/mol. The van der Waals surface area contributed by atoms with Crippen LogP contribution in [0.5, 0.6) is 5.75 Å². The number of hydrogen-bond donors (Lipinski definition) is 4. The van der Waals surface area contributed by atoms with E-state index in [1.54, 1.807) is 29.4 Å². The lowest BCUT2D eigenvalue weighted by Crippen LogP contribution is -2.55. The Labute approximate surface area is 239 Å². The summed E-state index contributed by atoms with van der Waals surface area (Å²) in [5.41, 5.74) is -1.22. The van der Waals surface area contributed by atoms with Gasteiger partial charge in [0.05, 0.1) is 43.7 Å². The molecule has 0 bridgehead atoms. The smallest absolute Gasteiger partial charge is 0.227 e. The molecule has 1 aromatic carbocycles. The number of aliphatic hydroxyl groups excluding tert-OH is 2. The van der Waals surface area contributed by atoms with Crippen LogP contribution in [0.4, 0.5) is 10.3 Å². The Morgan fingerprint density at radius 1 is 1.15 bits per heavy atom. The molecule has 4 N–H and O–H groups in total. The molecule has 3 heterocycles. The zero-order chi connectivity index (χ0) is 28.5. The Morgan fingerprint density at radius 3 is 2.50 bits per heavy atom. The second kappa shape index (κ2) is 14.4. The number of rotatable bonds is 14. The van der Waals surface area contributed by atoms with E-state index in [2.05, 4.69) is 20.2 Å². The van der Waals surface area contributed by atoms with Gasteiger partial charge >= 0.3 is 0 Å². The lowest BCUT2D eigenvalue weighted by atomic mass is 9.92. The van der Waals surface area contributed by atoms with Gasteiger partial charge in [0, 0.05) is 51.3 Å². The Morgan fingerprint density at radius 2 is 1.85 bits per heavy atom. The topological polar surface area (TPSA) is 131 Å². The summed E-state index contributed by atoms with van der Waals surface area (Å²) in [6.07, 6.45) is 7.28. The first-order valence-electron chi connectivity index (χ1n) is 13.8. The molecule has 2 aliphatic heterocycles. The molecule has 0 radical (unpaired) electrons. The van der Waals surface area contributed by atoms with Crippen LogP contribution in [0.3, 0.4) is 0 Å². The van der Waals surface area contributed by atoms with E-state index in [-0.39, 0.29) is 24.8 Å². The van der Waals surface area contributed by atoms with E-state index in [0.717, 1.165) is 38.8 Å². The summed E-state index contributed by atoms with van der Waals surface area (Å²) < 4.78 is 20.4. The molecule has 1 amide bonds. The molecule has 0 aliphatic carbocycles. The average Bonchev–Trinajstić information content (AvgIpc) is 2.94. The summed E-state index contributed by atoms with van der Waals surface area (Å²) in [5, 5.41) is 31.6. The molecule has 220 valence electrons. The molecule has 40 heavy (non-hydrogen) atoms. The summed E-state index contributed by atoms with van der Waals surface area (Å²) >= 11 is 5.87. The van der Waals surface area contributed by atoms with Gasteiger partial charge in [0.25, 0.3) is 0 Å². The molecule has 2 fully saturated rings. The standard InChI is InChI=1S/C28H39ClFN5O5/c29-23-13-32-27(33-14-23)34-7-5-20(6-8-34)2-1-9-40-24-4-3-22(25(30)11-24)10-26(38)35-15-21(16-35)12-31-17-28(39,18-36)19-37/h3-4,11,13-14,20-21,31,36-37,39H,1-2,5-10,12,15-19H2. The Hall–Kier alpha value is -2.57. The molecular formula is C28H39ClFN5O5. The number of aromatic nitrogens is 2. The fourth-order valence-electron chi connectivity index (χ4n) is 5.06. The minimum atomic E-state index is -1.56. The summed E-state index contributed by atoms with van der Waals surface area (Å²) in [6, 6.07) is 4.67. The van der Waals surface area contributed by atoms with Crippen molar-refractivity contribution in [3.05, 3.63) is 47.0 Å². The predicted octanol–water partition coefficient (Wildman–Crippen LogP) is 1.65. The van der Waals surface area contributed by atoms with Crippen molar-refractivity contribution in [1.29, 1.82) is 0 Å². The highest BCUT2D eigenvalue weighted by Crippen LogP contribution is 2.25. The maximum atomic E-state index is 14.7. The number of carbonyl (C=O) groups is 1. The van der Waals surface area contributed by atoms with E-state index < -0.39 is 24.6 Å². The van der Waals surface area contributed by atoms with Crippen LogP contribution in [0.25, 0.3) is 0 Å². The van der Waals surface area contributed by atoms with Crippen LogP contribution in [0.15, 0.2) is 30.6 Å². The number of hydrogen-bond acceptors (Lipinski definition) is 9. The second-order valence-electron chi connectivity index (χ2n) is 10.9. The number of nitrogens with one attached hydrogen (secondary N) is 1. The fourth-order valence-corrected chi connectivity index (χ4v) is 5.16. The number of halogens is 2. The summed E-state index contributed by atoms with van der Waals surface area (Å²) in [5.74, 6) is 1.40. The number of anilines is 1. The average molecular weight is 580 g/mol. The minimum Gasteiger partial charge on any atom is -0.493 e. The van der Waals surface area contributed by atoms with Gasteiger partial charge in [-0.15, -0.1) is 0 Å². The van der Waals surface area contributed by atoms with Crippen LogP contribution in [0.2, 0.25) is 5.02 Å². The SMILES string of the molecule is O=C(Cc1ccc(OCCCC2CCN(c3ncc(Cl)cn3)CC2)cc1F)N1CC(CNCC(O)(CO)CO)C1. The van der Waals surface area contributed by atoms with Crippen LogP contribution in [-0.2, 0) is 11.2 Å². The highest BCUT2D eigenvalue weighted by Gasteiger charge is 2.32. The van der Waals surface area contributed by atoms with Gasteiger partial charge in [0.15, 0.2) is 0 Å². The van der Waals surface area contributed by atoms with E-state index in [4.69, 9.17) is 26.6 Å². The second-order valence-corrected chi connectivity index (χ2v) is 11.3. The van der Waals surface area contributed by atoms with Crippen LogP contribution in [0.1, 0.15) is 31.2 Å². The van der Waals surface area contributed by atoms with E-state index in [9.17, 15) is 14.3 Å². The third-order valence-electron chi connectivity index (χ3n) is 7.68. The Kier molecular flexibility index (Phi) is 10.9. The van der Waals surface area contributed by atoms with Gasteiger partial charge in [-0.3, -0.25) is 4.79 Å².